The Labute approximate surface area is 203 Å². The molecule has 3 amide bonds. The summed E-state index contributed by atoms with van der Waals surface area (Å²) in [6.45, 7) is 4.62. The van der Waals surface area contributed by atoms with Gasteiger partial charge >= 0.3 is 0 Å². The van der Waals surface area contributed by atoms with Crippen molar-refractivity contribution in [1.29, 1.82) is 0 Å². The Kier molecular flexibility index (Phi) is 7.05. The first kappa shape index (κ1) is 23.9. The van der Waals surface area contributed by atoms with Gasteiger partial charge < -0.3 is 20.4 Å². The van der Waals surface area contributed by atoms with Crippen LogP contribution in [0.5, 0.6) is 0 Å². The van der Waals surface area contributed by atoms with Crippen LogP contribution in [0, 0.1) is 0 Å². The van der Waals surface area contributed by atoms with E-state index in [0.29, 0.717) is 41.4 Å². The normalized spacial score (nSPS) is 15.4. The minimum atomic E-state index is -0.301. The first-order valence-corrected chi connectivity index (χ1v) is 11.4. The second kappa shape index (κ2) is 10.3. The van der Waals surface area contributed by atoms with Gasteiger partial charge in [-0.15, -0.1) is 0 Å². The summed E-state index contributed by atoms with van der Waals surface area (Å²) in [7, 11) is 3.43. The van der Waals surface area contributed by atoms with Crippen LogP contribution in [0.15, 0.2) is 61.3 Å². The summed E-state index contributed by atoms with van der Waals surface area (Å²) in [5.74, 6) is 0.0148. The largest absolute Gasteiger partial charge is 0.350 e. The molecule has 4 rings (SSSR count). The van der Waals surface area contributed by atoms with Crippen LogP contribution in [0.2, 0.25) is 0 Å². The lowest BCUT2D eigenvalue weighted by molar-refractivity contribution is -0.111. The number of carbonyl (C=O) groups is 3. The molecule has 1 atom stereocenters. The standard InChI is InChI=1S/C26H28N6O3/c1-4-23(33)28-20-11-9-17(10-12-20)25(35)32-13-5-6-21(16-32)29-26-27-15-19-8-7-18(14-22(19)30-26)24(34)31(2)3/h4,7-12,14-15,21H,1,5-6,13,16H2,2-3H3,(H,28,33)(H,27,29,30). The fraction of sp³-hybridized carbons (Fsp3) is 0.269. The molecular weight excluding hydrogens is 444 g/mol. The van der Waals surface area contributed by atoms with Crippen LogP contribution in [0.3, 0.4) is 0 Å². The zero-order chi connectivity index (χ0) is 24.9. The molecule has 3 aromatic rings. The SMILES string of the molecule is C=CC(=O)Nc1ccc(C(=O)N2CCCC(Nc3ncc4ccc(C(=O)N(C)C)cc4n3)C2)cc1. The number of hydrogen-bond acceptors (Lipinski definition) is 6. The first-order chi connectivity index (χ1) is 16.8. The van der Waals surface area contributed by atoms with E-state index in [-0.39, 0.29) is 23.8 Å². The number of hydrogen-bond donors (Lipinski definition) is 2. The monoisotopic (exact) mass is 472 g/mol. The molecule has 180 valence electrons. The van der Waals surface area contributed by atoms with E-state index in [2.05, 4.69) is 27.2 Å². The van der Waals surface area contributed by atoms with Gasteiger partial charge in [-0.1, -0.05) is 12.6 Å². The van der Waals surface area contributed by atoms with Crippen molar-refractivity contribution in [3.63, 3.8) is 0 Å². The van der Waals surface area contributed by atoms with Crippen molar-refractivity contribution in [3.05, 3.63) is 72.4 Å². The first-order valence-electron chi connectivity index (χ1n) is 11.4. The maximum absolute atomic E-state index is 13.0. The highest BCUT2D eigenvalue weighted by Crippen LogP contribution is 2.20. The van der Waals surface area contributed by atoms with Crippen LogP contribution >= 0.6 is 0 Å². The summed E-state index contributed by atoms with van der Waals surface area (Å²) in [6.07, 6.45) is 4.66. The van der Waals surface area contributed by atoms with Gasteiger partial charge in [0.25, 0.3) is 11.8 Å². The van der Waals surface area contributed by atoms with Crippen molar-refractivity contribution in [2.45, 2.75) is 18.9 Å². The zero-order valence-electron chi connectivity index (χ0n) is 19.8. The molecule has 9 heteroatoms. The maximum Gasteiger partial charge on any atom is 0.253 e. The molecule has 1 aliphatic rings. The van der Waals surface area contributed by atoms with Crippen molar-refractivity contribution >= 4 is 40.3 Å². The number of likely N-dealkylation sites (tertiary alicyclic amines) is 1. The van der Waals surface area contributed by atoms with Crippen LogP contribution < -0.4 is 10.6 Å². The number of fused-ring (bicyclic) bond motifs is 1. The van der Waals surface area contributed by atoms with E-state index in [1.165, 1.54) is 11.0 Å². The number of anilines is 2. The maximum atomic E-state index is 13.0. The van der Waals surface area contributed by atoms with E-state index in [0.717, 1.165) is 18.2 Å². The second-order valence-electron chi connectivity index (χ2n) is 8.67. The Morgan fingerprint density at radius 2 is 1.86 bits per heavy atom. The van der Waals surface area contributed by atoms with Crippen molar-refractivity contribution in [2.24, 2.45) is 0 Å². The summed E-state index contributed by atoms with van der Waals surface area (Å²) in [4.78, 5) is 49.1. The van der Waals surface area contributed by atoms with Gasteiger partial charge in [0.05, 0.1) is 5.52 Å². The van der Waals surface area contributed by atoms with Crippen LogP contribution in [0.25, 0.3) is 10.9 Å². The molecule has 0 saturated carbocycles. The fourth-order valence-corrected chi connectivity index (χ4v) is 4.02. The molecule has 0 bridgehead atoms. The zero-order valence-corrected chi connectivity index (χ0v) is 19.8. The molecular formula is C26H28N6O3. The van der Waals surface area contributed by atoms with Gasteiger partial charge in [0, 0.05) is 61.6 Å². The van der Waals surface area contributed by atoms with Gasteiger partial charge in [-0.25, -0.2) is 9.97 Å². The lowest BCUT2D eigenvalue weighted by Gasteiger charge is -2.33. The Bertz CT molecular complexity index is 1270. The van der Waals surface area contributed by atoms with E-state index in [4.69, 9.17) is 0 Å². The van der Waals surface area contributed by atoms with Gasteiger partial charge in [-0.2, -0.15) is 0 Å². The molecule has 0 aliphatic carbocycles. The predicted octanol–water partition coefficient (Wildman–Crippen LogP) is 3.17. The van der Waals surface area contributed by atoms with Gasteiger partial charge in [0.15, 0.2) is 0 Å². The topological polar surface area (TPSA) is 108 Å². The fourth-order valence-electron chi connectivity index (χ4n) is 4.02. The number of piperidine rings is 1. The number of aromatic nitrogens is 2. The number of nitrogens with one attached hydrogen (secondary N) is 2. The highest BCUT2D eigenvalue weighted by atomic mass is 16.2. The third-order valence-electron chi connectivity index (χ3n) is 5.86. The lowest BCUT2D eigenvalue weighted by atomic mass is 10.0. The van der Waals surface area contributed by atoms with Crippen molar-refractivity contribution < 1.29 is 14.4 Å². The van der Waals surface area contributed by atoms with E-state index >= 15 is 0 Å². The van der Waals surface area contributed by atoms with Crippen molar-refractivity contribution in [1.82, 2.24) is 19.8 Å². The number of carbonyl (C=O) groups excluding carboxylic acids is 3. The quantitative estimate of drug-likeness (QED) is 0.534. The molecule has 0 radical (unpaired) electrons. The summed E-state index contributed by atoms with van der Waals surface area (Å²) in [5, 5.41) is 6.87. The lowest BCUT2D eigenvalue weighted by Crippen LogP contribution is -2.45. The van der Waals surface area contributed by atoms with Gasteiger partial charge in [-0.05, 0) is 55.3 Å². The molecule has 1 fully saturated rings. The van der Waals surface area contributed by atoms with E-state index in [1.54, 1.807) is 56.7 Å². The molecule has 2 heterocycles. The highest BCUT2D eigenvalue weighted by Gasteiger charge is 2.25. The summed E-state index contributed by atoms with van der Waals surface area (Å²) >= 11 is 0. The number of benzene rings is 2. The van der Waals surface area contributed by atoms with Gasteiger partial charge in [0.2, 0.25) is 11.9 Å². The minimum Gasteiger partial charge on any atom is -0.350 e. The minimum absolute atomic E-state index is 0.00268. The molecule has 1 saturated heterocycles. The van der Waals surface area contributed by atoms with E-state index in [1.807, 2.05) is 11.0 Å². The van der Waals surface area contributed by atoms with Crippen molar-refractivity contribution in [3.8, 4) is 0 Å². The average molecular weight is 473 g/mol. The summed E-state index contributed by atoms with van der Waals surface area (Å²) < 4.78 is 0. The summed E-state index contributed by atoms with van der Waals surface area (Å²) in [6, 6.07) is 12.2. The third kappa shape index (κ3) is 5.63. The highest BCUT2D eigenvalue weighted by molar-refractivity contribution is 6.00. The Hall–Kier alpha value is -4.27. The molecule has 2 aromatic carbocycles. The van der Waals surface area contributed by atoms with Crippen LogP contribution in [0.1, 0.15) is 33.6 Å². The van der Waals surface area contributed by atoms with E-state index < -0.39 is 0 Å². The smallest absolute Gasteiger partial charge is 0.253 e. The molecule has 35 heavy (non-hydrogen) atoms. The molecule has 0 spiro atoms. The predicted molar refractivity (Wildman–Crippen MR) is 135 cm³/mol. The van der Waals surface area contributed by atoms with E-state index in [9.17, 15) is 14.4 Å². The van der Waals surface area contributed by atoms with Crippen LogP contribution in [0.4, 0.5) is 11.6 Å². The van der Waals surface area contributed by atoms with Crippen LogP contribution in [-0.4, -0.2) is 70.7 Å². The molecule has 1 aromatic heterocycles. The molecule has 1 unspecified atom stereocenters. The van der Waals surface area contributed by atoms with Gasteiger partial charge in [-0.3, -0.25) is 14.4 Å². The Morgan fingerprint density at radius 3 is 2.57 bits per heavy atom. The molecule has 2 N–H and O–H groups in total. The third-order valence-corrected chi connectivity index (χ3v) is 5.86. The summed E-state index contributed by atoms with van der Waals surface area (Å²) in [5.41, 5.74) is 2.41. The molecule has 1 aliphatic heterocycles. The number of nitrogens with zero attached hydrogens (tertiary/aromatic N) is 4. The average Bonchev–Trinajstić information content (AvgIpc) is 2.87. The second-order valence-corrected chi connectivity index (χ2v) is 8.67. The Balaban J connectivity index is 1.43. The Morgan fingerprint density at radius 1 is 1.11 bits per heavy atom. The van der Waals surface area contributed by atoms with Crippen LogP contribution in [-0.2, 0) is 4.79 Å². The molecule has 9 nitrogen and oxygen atoms in total. The van der Waals surface area contributed by atoms with Crippen molar-refractivity contribution in [2.75, 3.05) is 37.8 Å². The number of amides is 3. The van der Waals surface area contributed by atoms with Gasteiger partial charge in [0.1, 0.15) is 0 Å². The number of rotatable bonds is 6.